The molecule has 1 N–H and O–H groups in total. The summed E-state index contributed by atoms with van der Waals surface area (Å²) in [5.41, 5.74) is 5.35. The lowest BCUT2D eigenvalue weighted by Gasteiger charge is -2.35. The molecule has 1 amide bonds. The third kappa shape index (κ3) is 6.26. The van der Waals surface area contributed by atoms with Crippen LogP contribution in [0.5, 0.6) is 11.5 Å². The van der Waals surface area contributed by atoms with Gasteiger partial charge in [0.2, 0.25) is 0 Å². The minimum absolute atomic E-state index is 0.0837. The maximum Gasteiger partial charge on any atom is 0.251 e. The van der Waals surface area contributed by atoms with Crippen molar-refractivity contribution >= 4 is 16.9 Å². The fourth-order valence-electron chi connectivity index (χ4n) is 5.50. The molecule has 3 aromatic carbocycles. The van der Waals surface area contributed by atoms with E-state index in [-0.39, 0.29) is 5.91 Å². The van der Waals surface area contributed by atoms with E-state index in [0.29, 0.717) is 23.7 Å². The minimum Gasteiger partial charge on any atom is -0.497 e. The van der Waals surface area contributed by atoms with Crippen molar-refractivity contribution in [3.63, 3.8) is 0 Å². The zero-order valence-corrected chi connectivity index (χ0v) is 23.7. The molecule has 1 fully saturated rings. The lowest BCUT2D eigenvalue weighted by molar-refractivity contribution is 0.0947. The van der Waals surface area contributed by atoms with Crippen LogP contribution in [0.2, 0.25) is 0 Å². The van der Waals surface area contributed by atoms with Gasteiger partial charge in [-0.15, -0.1) is 0 Å². The molecule has 0 radical (unpaired) electrons. The summed E-state index contributed by atoms with van der Waals surface area (Å²) in [7, 11) is 3.30. The molecule has 1 aliphatic rings. The Bertz CT molecular complexity index is 1440. The standard InChI is InChI=1S/C33H38N4O3/c1-4-26-8-5-6-20-37(26)21-7-19-34-33(38)25-13-18-29-30(22-25)36-32(24-11-16-28(40-3)17-12-24)31(35-29)23-9-14-27(39-2)15-10-23/h9-18,22,26H,4-8,19-21H2,1-3H3,(H,34,38)/t26-/m1/s1. The summed E-state index contributed by atoms with van der Waals surface area (Å²) in [5, 5.41) is 3.10. The van der Waals surface area contributed by atoms with Crippen LogP contribution in [0.1, 0.15) is 49.4 Å². The van der Waals surface area contributed by atoms with Crippen molar-refractivity contribution in [2.24, 2.45) is 0 Å². The van der Waals surface area contributed by atoms with Crippen molar-refractivity contribution in [3.05, 3.63) is 72.3 Å². The predicted molar refractivity (Wildman–Crippen MR) is 160 cm³/mol. The highest BCUT2D eigenvalue weighted by atomic mass is 16.5. The van der Waals surface area contributed by atoms with Gasteiger partial charge in [-0.3, -0.25) is 4.79 Å². The van der Waals surface area contributed by atoms with Crippen molar-refractivity contribution < 1.29 is 14.3 Å². The zero-order chi connectivity index (χ0) is 27.9. The summed E-state index contributed by atoms with van der Waals surface area (Å²) >= 11 is 0. The zero-order valence-electron chi connectivity index (χ0n) is 23.7. The van der Waals surface area contributed by atoms with E-state index in [0.717, 1.165) is 52.5 Å². The molecule has 7 heteroatoms. The number of nitrogens with one attached hydrogen (secondary N) is 1. The van der Waals surface area contributed by atoms with Crippen molar-refractivity contribution in [3.8, 4) is 34.0 Å². The molecule has 0 saturated carbocycles. The molecule has 208 valence electrons. The fraction of sp³-hybridized carbons (Fsp3) is 0.364. The number of ether oxygens (including phenoxy) is 2. The molecule has 0 bridgehead atoms. The van der Waals surface area contributed by atoms with Gasteiger partial charge in [-0.25, -0.2) is 9.97 Å². The van der Waals surface area contributed by atoms with E-state index in [9.17, 15) is 4.79 Å². The number of rotatable bonds is 10. The number of carbonyl (C=O) groups excluding carboxylic acids is 1. The van der Waals surface area contributed by atoms with E-state index in [2.05, 4.69) is 17.1 Å². The number of hydrogen-bond acceptors (Lipinski definition) is 6. The first kappa shape index (κ1) is 27.6. The van der Waals surface area contributed by atoms with Crippen LogP contribution >= 0.6 is 0 Å². The Kier molecular flexibility index (Phi) is 8.91. The number of piperidine rings is 1. The average molecular weight is 539 g/mol. The Morgan fingerprint density at radius 1 is 0.875 bits per heavy atom. The van der Waals surface area contributed by atoms with Gasteiger partial charge in [0, 0.05) is 35.8 Å². The van der Waals surface area contributed by atoms with Crippen molar-refractivity contribution in [2.45, 2.75) is 45.1 Å². The summed E-state index contributed by atoms with van der Waals surface area (Å²) in [6, 6.07) is 21.8. The monoisotopic (exact) mass is 538 g/mol. The third-order valence-electron chi connectivity index (χ3n) is 7.78. The van der Waals surface area contributed by atoms with Gasteiger partial charge in [-0.1, -0.05) is 13.3 Å². The SMILES string of the molecule is CC[C@@H]1CCCCN1CCCNC(=O)c1ccc2nc(-c3ccc(OC)cc3)c(-c3ccc(OC)cc3)nc2c1. The number of carbonyl (C=O) groups is 1. The van der Waals surface area contributed by atoms with E-state index < -0.39 is 0 Å². The van der Waals surface area contributed by atoms with E-state index in [1.165, 1.54) is 32.2 Å². The maximum absolute atomic E-state index is 13.0. The number of aromatic nitrogens is 2. The first-order valence-corrected chi connectivity index (χ1v) is 14.2. The van der Waals surface area contributed by atoms with Gasteiger partial charge in [0.15, 0.2) is 0 Å². The molecule has 0 spiro atoms. The smallest absolute Gasteiger partial charge is 0.251 e. The number of amides is 1. The average Bonchev–Trinajstić information content (AvgIpc) is 3.02. The minimum atomic E-state index is -0.0837. The molecule has 1 aromatic heterocycles. The highest BCUT2D eigenvalue weighted by Crippen LogP contribution is 2.33. The van der Waals surface area contributed by atoms with Crippen molar-refractivity contribution in [1.29, 1.82) is 0 Å². The second-order valence-electron chi connectivity index (χ2n) is 10.3. The predicted octanol–water partition coefficient (Wildman–Crippen LogP) is 6.37. The Balaban J connectivity index is 1.38. The van der Waals surface area contributed by atoms with Crippen LogP contribution in [-0.4, -0.2) is 60.7 Å². The number of fused-ring (bicyclic) bond motifs is 1. The lowest BCUT2D eigenvalue weighted by Crippen LogP contribution is -2.40. The van der Waals surface area contributed by atoms with Crippen molar-refractivity contribution in [2.75, 3.05) is 33.9 Å². The molecule has 4 aromatic rings. The molecule has 1 saturated heterocycles. The van der Waals surface area contributed by atoms with Gasteiger partial charge in [0.1, 0.15) is 11.5 Å². The second-order valence-corrected chi connectivity index (χ2v) is 10.3. The lowest BCUT2D eigenvalue weighted by atomic mass is 10.00. The summed E-state index contributed by atoms with van der Waals surface area (Å²) in [4.78, 5) is 25.6. The van der Waals surface area contributed by atoms with E-state index in [1.54, 1.807) is 14.2 Å². The van der Waals surface area contributed by atoms with Crippen LogP contribution in [-0.2, 0) is 0 Å². The Morgan fingerprint density at radius 3 is 2.10 bits per heavy atom. The Labute approximate surface area is 236 Å². The van der Waals surface area contributed by atoms with E-state index >= 15 is 0 Å². The molecule has 5 rings (SSSR count). The van der Waals surface area contributed by atoms with Crippen molar-refractivity contribution in [1.82, 2.24) is 20.2 Å². The quantitative estimate of drug-likeness (QED) is 0.237. The Hall–Kier alpha value is -3.97. The molecule has 0 aliphatic carbocycles. The molecule has 40 heavy (non-hydrogen) atoms. The normalized spacial score (nSPS) is 15.6. The van der Waals surface area contributed by atoms with Gasteiger partial charge >= 0.3 is 0 Å². The number of nitrogens with zero attached hydrogens (tertiary/aromatic N) is 3. The van der Waals surface area contributed by atoms with Gasteiger partial charge in [0.05, 0.1) is 36.6 Å². The molecule has 1 aliphatic heterocycles. The highest BCUT2D eigenvalue weighted by molar-refractivity contribution is 5.98. The van der Waals surface area contributed by atoms with Crippen LogP contribution in [0.3, 0.4) is 0 Å². The van der Waals surface area contributed by atoms with Crippen LogP contribution in [0.4, 0.5) is 0 Å². The number of likely N-dealkylation sites (tertiary alicyclic amines) is 1. The Morgan fingerprint density at radius 2 is 1.50 bits per heavy atom. The molecule has 2 heterocycles. The topological polar surface area (TPSA) is 76.6 Å². The first-order chi connectivity index (χ1) is 19.6. The summed E-state index contributed by atoms with van der Waals surface area (Å²) in [6.45, 7) is 5.13. The first-order valence-electron chi connectivity index (χ1n) is 14.2. The molecule has 0 unspecified atom stereocenters. The fourth-order valence-corrected chi connectivity index (χ4v) is 5.50. The summed E-state index contributed by atoms with van der Waals surface area (Å²) in [6.07, 6.45) is 6.05. The van der Waals surface area contributed by atoms with Crippen LogP contribution in [0, 0.1) is 0 Å². The van der Waals surface area contributed by atoms with Crippen LogP contribution in [0.15, 0.2) is 66.7 Å². The van der Waals surface area contributed by atoms with Gasteiger partial charge in [0.25, 0.3) is 5.91 Å². The third-order valence-corrected chi connectivity index (χ3v) is 7.78. The second kappa shape index (κ2) is 12.9. The number of hydrogen-bond donors (Lipinski definition) is 1. The number of methoxy groups -OCH3 is 2. The summed E-state index contributed by atoms with van der Waals surface area (Å²) < 4.78 is 10.7. The van der Waals surface area contributed by atoms with E-state index in [1.807, 2.05) is 66.7 Å². The van der Waals surface area contributed by atoms with Crippen LogP contribution < -0.4 is 14.8 Å². The largest absolute Gasteiger partial charge is 0.497 e. The maximum atomic E-state index is 13.0. The summed E-state index contributed by atoms with van der Waals surface area (Å²) in [5.74, 6) is 1.47. The highest BCUT2D eigenvalue weighted by Gasteiger charge is 2.20. The van der Waals surface area contributed by atoms with Gasteiger partial charge < -0.3 is 19.7 Å². The molecular weight excluding hydrogens is 500 g/mol. The molecule has 7 nitrogen and oxygen atoms in total. The van der Waals surface area contributed by atoms with Gasteiger partial charge in [-0.2, -0.15) is 0 Å². The molecular formula is C33H38N4O3. The van der Waals surface area contributed by atoms with Crippen LogP contribution in [0.25, 0.3) is 33.5 Å². The van der Waals surface area contributed by atoms with Gasteiger partial charge in [-0.05, 0) is 99.0 Å². The van der Waals surface area contributed by atoms with E-state index in [4.69, 9.17) is 19.4 Å². The number of benzene rings is 3. The molecule has 1 atom stereocenters.